The van der Waals surface area contributed by atoms with E-state index in [1.165, 1.54) is 37.7 Å². The third-order valence-corrected chi connectivity index (χ3v) is 6.51. The Morgan fingerprint density at radius 3 is 2.86 bits per heavy atom. The SMILES string of the molecule is COc1ccc(CNC2CC3CC2C2CCCC32)cc1Cl. The van der Waals surface area contributed by atoms with E-state index in [1.807, 2.05) is 12.1 Å². The zero-order valence-electron chi connectivity index (χ0n) is 12.6. The molecule has 0 aliphatic heterocycles. The topological polar surface area (TPSA) is 21.3 Å². The summed E-state index contributed by atoms with van der Waals surface area (Å²) in [6.07, 6.45) is 7.35. The number of halogens is 1. The second-order valence-electron chi connectivity index (χ2n) is 7.11. The average Bonchev–Trinajstić information content (AvgIpc) is 3.17. The van der Waals surface area contributed by atoms with Crippen molar-refractivity contribution < 1.29 is 4.74 Å². The van der Waals surface area contributed by atoms with Crippen LogP contribution in [0.15, 0.2) is 18.2 Å². The second kappa shape index (κ2) is 5.48. The van der Waals surface area contributed by atoms with Crippen molar-refractivity contribution in [3.8, 4) is 5.75 Å². The molecule has 2 bridgehead atoms. The van der Waals surface area contributed by atoms with E-state index in [9.17, 15) is 0 Å². The van der Waals surface area contributed by atoms with Gasteiger partial charge in [0.05, 0.1) is 12.1 Å². The first kappa shape index (κ1) is 13.9. The Hall–Kier alpha value is -0.730. The van der Waals surface area contributed by atoms with Gasteiger partial charge in [-0.25, -0.2) is 0 Å². The van der Waals surface area contributed by atoms with Crippen molar-refractivity contribution in [1.29, 1.82) is 0 Å². The van der Waals surface area contributed by atoms with Crippen molar-refractivity contribution >= 4 is 11.6 Å². The molecular formula is C18H24ClNO. The molecule has 3 saturated carbocycles. The van der Waals surface area contributed by atoms with Gasteiger partial charge in [-0.15, -0.1) is 0 Å². The lowest BCUT2D eigenvalue weighted by Crippen LogP contribution is -2.38. The fourth-order valence-electron chi connectivity index (χ4n) is 5.37. The van der Waals surface area contributed by atoms with Gasteiger partial charge in [0, 0.05) is 12.6 Å². The van der Waals surface area contributed by atoms with E-state index >= 15 is 0 Å². The number of rotatable bonds is 4. The molecule has 3 fully saturated rings. The molecule has 0 radical (unpaired) electrons. The van der Waals surface area contributed by atoms with Gasteiger partial charge in [0.1, 0.15) is 5.75 Å². The third-order valence-electron chi connectivity index (χ3n) is 6.21. The molecule has 0 aromatic heterocycles. The van der Waals surface area contributed by atoms with Crippen LogP contribution in [0.5, 0.6) is 5.75 Å². The molecule has 2 nitrogen and oxygen atoms in total. The van der Waals surface area contributed by atoms with E-state index in [-0.39, 0.29) is 0 Å². The van der Waals surface area contributed by atoms with Gasteiger partial charge in [0.2, 0.25) is 0 Å². The first-order chi connectivity index (χ1) is 10.3. The summed E-state index contributed by atoms with van der Waals surface area (Å²) >= 11 is 6.21. The fraction of sp³-hybridized carbons (Fsp3) is 0.667. The Bertz CT molecular complexity index is 532. The monoisotopic (exact) mass is 305 g/mol. The first-order valence-corrected chi connectivity index (χ1v) is 8.70. The Labute approximate surface area is 132 Å². The summed E-state index contributed by atoms with van der Waals surface area (Å²) in [7, 11) is 1.66. The van der Waals surface area contributed by atoms with Gasteiger partial charge < -0.3 is 10.1 Å². The van der Waals surface area contributed by atoms with Crippen LogP contribution < -0.4 is 10.1 Å². The lowest BCUT2D eigenvalue weighted by atomic mass is 9.79. The maximum absolute atomic E-state index is 6.21. The van der Waals surface area contributed by atoms with Crippen LogP contribution in [0, 0.1) is 23.7 Å². The number of methoxy groups -OCH3 is 1. The highest BCUT2D eigenvalue weighted by Crippen LogP contribution is 2.58. The zero-order valence-corrected chi connectivity index (χ0v) is 13.4. The normalized spacial score (nSPS) is 37.0. The predicted octanol–water partition coefficient (Wildman–Crippen LogP) is 4.26. The summed E-state index contributed by atoms with van der Waals surface area (Å²) in [5, 5.41) is 4.52. The number of nitrogens with one attached hydrogen (secondary N) is 1. The van der Waals surface area contributed by atoms with Crippen molar-refractivity contribution in [1.82, 2.24) is 5.32 Å². The van der Waals surface area contributed by atoms with E-state index in [0.29, 0.717) is 5.02 Å². The molecule has 0 heterocycles. The molecule has 5 unspecified atom stereocenters. The first-order valence-electron chi connectivity index (χ1n) is 8.32. The summed E-state index contributed by atoms with van der Waals surface area (Å²) in [6.45, 7) is 0.926. The molecule has 0 saturated heterocycles. The van der Waals surface area contributed by atoms with E-state index in [2.05, 4.69) is 11.4 Å². The highest BCUT2D eigenvalue weighted by molar-refractivity contribution is 6.32. The Kier molecular flexibility index (Phi) is 3.63. The molecule has 3 aliphatic carbocycles. The molecule has 0 amide bonds. The van der Waals surface area contributed by atoms with Crippen molar-refractivity contribution in [3.05, 3.63) is 28.8 Å². The Balaban J connectivity index is 1.39. The van der Waals surface area contributed by atoms with Crippen molar-refractivity contribution in [3.63, 3.8) is 0 Å². The Morgan fingerprint density at radius 2 is 2.05 bits per heavy atom. The average molecular weight is 306 g/mol. The molecular weight excluding hydrogens is 282 g/mol. The molecule has 4 rings (SSSR count). The highest BCUT2D eigenvalue weighted by atomic mass is 35.5. The summed E-state index contributed by atoms with van der Waals surface area (Å²) in [5.41, 5.74) is 1.26. The van der Waals surface area contributed by atoms with Crippen molar-refractivity contribution in [2.75, 3.05) is 7.11 Å². The number of benzene rings is 1. The maximum atomic E-state index is 6.21. The minimum Gasteiger partial charge on any atom is -0.495 e. The number of hydrogen-bond donors (Lipinski definition) is 1. The van der Waals surface area contributed by atoms with Crippen LogP contribution >= 0.6 is 11.6 Å². The summed E-state index contributed by atoms with van der Waals surface area (Å²) in [4.78, 5) is 0. The van der Waals surface area contributed by atoms with Gasteiger partial charge in [-0.05, 0) is 67.1 Å². The summed E-state index contributed by atoms with van der Waals surface area (Å²) in [5.74, 6) is 4.81. The van der Waals surface area contributed by atoms with Gasteiger partial charge in [-0.1, -0.05) is 24.1 Å². The molecule has 3 aliphatic rings. The van der Waals surface area contributed by atoms with Crippen LogP contribution in [-0.4, -0.2) is 13.2 Å². The number of hydrogen-bond acceptors (Lipinski definition) is 2. The summed E-state index contributed by atoms with van der Waals surface area (Å²) in [6, 6.07) is 6.84. The molecule has 1 N–H and O–H groups in total. The number of fused-ring (bicyclic) bond motifs is 5. The molecule has 3 heteroatoms. The quantitative estimate of drug-likeness (QED) is 0.897. The molecule has 1 aromatic rings. The van der Waals surface area contributed by atoms with Crippen LogP contribution in [-0.2, 0) is 6.54 Å². The summed E-state index contributed by atoms with van der Waals surface area (Å²) < 4.78 is 5.21. The van der Waals surface area contributed by atoms with Crippen molar-refractivity contribution in [2.24, 2.45) is 23.7 Å². The van der Waals surface area contributed by atoms with E-state index in [4.69, 9.17) is 16.3 Å². The van der Waals surface area contributed by atoms with Gasteiger partial charge in [0.15, 0.2) is 0 Å². The third kappa shape index (κ3) is 2.37. The van der Waals surface area contributed by atoms with Crippen LogP contribution in [0.25, 0.3) is 0 Å². The van der Waals surface area contributed by atoms with Crippen LogP contribution in [0.3, 0.4) is 0 Å². The van der Waals surface area contributed by atoms with Gasteiger partial charge in [0.25, 0.3) is 0 Å². The van der Waals surface area contributed by atoms with Crippen LogP contribution in [0.1, 0.15) is 37.7 Å². The lowest BCUT2D eigenvalue weighted by molar-refractivity contribution is 0.208. The standard InChI is InChI=1S/C18H24ClNO/c1-21-18-6-5-11(7-16(18)19)10-20-17-9-12-8-15(17)14-4-2-3-13(12)14/h5-7,12-15,17,20H,2-4,8-10H2,1H3. The predicted molar refractivity (Wildman–Crippen MR) is 85.7 cm³/mol. The minimum atomic E-state index is 0.709. The molecule has 1 aromatic carbocycles. The van der Waals surface area contributed by atoms with Gasteiger partial charge in [-0.3, -0.25) is 0 Å². The Morgan fingerprint density at radius 1 is 1.19 bits per heavy atom. The van der Waals surface area contributed by atoms with E-state index in [1.54, 1.807) is 7.11 Å². The minimum absolute atomic E-state index is 0.709. The molecule has 21 heavy (non-hydrogen) atoms. The van der Waals surface area contributed by atoms with E-state index in [0.717, 1.165) is 42.0 Å². The van der Waals surface area contributed by atoms with Gasteiger partial charge >= 0.3 is 0 Å². The molecule has 0 spiro atoms. The van der Waals surface area contributed by atoms with Gasteiger partial charge in [-0.2, -0.15) is 0 Å². The maximum Gasteiger partial charge on any atom is 0.137 e. The molecule has 114 valence electrons. The highest BCUT2D eigenvalue weighted by Gasteiger charge is 2.53. The lowest BCUT2D eigenvalue weighted by Gasteiger charge is -2.32. The fourth-order valence-corrected chi connectivity index (χ4v) is 5.65. The van der Waals surface area contributed by atoms with Crippen LogP contribution in [0.2, 0.25) is 5.02 Å². The largest absolute Gasteiger partial charge is 0.495 e. The van der Waals surface area contributed by atoms with E-state index < -0.39 is 0 Å². The zero-order chi connectivity index (χ0) is 14.4. The van der Waals surface area contributed by atoms with Crippen molar-refractivity contribution in [2.45, 2.75) is 44.7 Å². The molecule has 5 atom stereocenters. The second-order valence-corrected chi connectivity index (χ2v) is 7.52. The smallest absolute Gasteiger partial charge is 0.137 e. The van der Waals surface area contributed by atoms with Crippen LogP contribution in [0.4, 0.5) is 0 Å². The number of ether oxygens (including phenoxy) is 1.